The molecule has 1 heterocycles. The molecule has 2 rings (SSSR count). The first kappa shape index (κ1) is 15.2. The van der Waals surface area contributed by atoms with Gasteiger partial charge in [-0.05, 0) is 50.2 Å². The molecule has 1 nitrogen and oxygen atoms in total. The number of hydrogen-bond donors (Lipinski definition) is 1. The van der Waals surface area contributed by atoms with Crippen LogP contribution in [0.2, 0.25) is 0 Å². The Bertz CT molecular complexity index is 551. The second-order valence-electron chi connectivity index (χ2n) is 4.50. The molecular weight excluding hydrogens is 386 g/mol. The molecule has 1 N–H and O–H groups in total. The van der Waals surface area contributed by atoms with Crippen LogP contribution in [0.25, 0.3) is 10.4 Å². The Morgan fingerprint density at radius 3 is 2.74 bits per heavy atom. The van der Waals surface area contributed by atoms with Crippen molar-refractivity contribution in [2.45, 2.75) is 26.3 Å². The maximum Gasteiger partial charge on any atom is 0.0386 e. The summed E-state index contributed by atoms with van der Waals surface area (Å²) in [5.41, 5.74) is 1.24. The van der Waals surface area contributed by atoms with Crippen LogP contribution in [0.5, 0.6) is 0 Å². The molecule has 0 fully saturated rings. The molecular formula is C15H17Br2NS. The second kappa shape index (κ2) is 7.02. The van der Waals surface area contributed by atoms with E-state index in [0.717, 1.165) is 15.5 Å². The molecule has 0 amide bonds. The minimum absolute atomic E-state index is 0.421. The van der Waals surface area contributed by atoms with E-state index in [1.54, 1.807) is 0 Å². The van der Waals surface area contributed by atoms with Crippen molar-refractivity contribution in [3.05, 3.63) is 44.2 Å². The van der Waals surface area contributed by atoms with E-state index in [1.807, 2.05) is 17.4 Å². The number of nitrogens with one attached hydrogen (secondary N) is 1. The maximum atomic E-state index is 3.63. The van der Waals surface area contributed by atoms with Crippen LogP contribution in [-0.2, 0) is 0 Å². The van der Waals surface area contributed by atoms with Gasteiger partial charge < -0.3 is 5.32 Å². The lowest BCUT2D eigenvalue weighted by Crippen LogP contribution is -2.18. The largest absolute Gasteiger partial charge is 0.309 e. The molecule has 0 saturated carbocycles. The molecule has 4 heteroatoms. The van der Waals surface area contributed by atoms with Crippen molar-refractivity contribution in [3.63, 3.8) is 0 Å². The van der Waals surface area contributed by atoms with E-state index in [1.165, 1.54) is 21.7 Å². The molecule has 0 aliphatic rings. The van der Waals surface area contributed by atoms with Crippen molar-refractivity contribution in [1.29, 1.82) is 0 Å². The summed E-state index contributed by atoms with van der Waals surface area (Å²) in [5, 5.41) is 3.53. The van der Waals surface area contributed by atoms with Crippen molar-refractivity contribution in [2.24, 2.45) is 0 Å². The fourth-order valence-electron chi connectivity index (χ4n) is 1.88. The van der Waals surface area contributed by atoms with Crippen LogP contribution in [0.3, 0.4) is 0 Å². The van der Waals surface area contributed by atoms with Gasteiger partial charge in [-0.15, -0.1) is 11.3 Å². The first-order chi connectivity index (χ1) is 9.11. The number of rotatable bonds is 5. The minimum Gasteiger partial charge on any atom is -0.309 e. The monoisotopic (exact) mass is 401 g/mol. The third-order valence-corrected chi connectivity index (χ3v) is 5.43. The first-order valence-electron chi connectivity index (χ1n) is 6.40. The van der Waals surface area contributed by atoms with Crippen molar-refractivity contribution in [2.75, 3.05) is 6.54 Å². The zero-order chi connectivity index (χ0) is 13.8. The van der Waals surface area contributed by atoms with Crippen LogP contribution in [0.4, 0.5) is 0 Å². The minimum atomic E-state index is 0.421. The van der Waals surface area contributed by atoms with Crippen molar-refractivity contribution >= 4 is 43.2 Å². The lowest BCUT2D eigenvalue weighted by molar-refractivity contribution is 0.578. The smallest absolute Gasteiger partial charge is 0.0386 e. The summed E-state index contributed by atoms with van der Waals surface area (Å²) in [6.07, 6.45) is 1.17. The van der Waals surface area contributed by atoms with Gasteiger partial charge in [-0.25, -0.2) is 0 Å². The number of hydrogen-bond acceptors (Lipinski definition) is 2. The number of benzene rings is 1. The van der Waals surface area contributed by atoms with Crippen LogP contribution in [0.1, 0.15) is 31.2 Å². The first-order valence-corrected chi connectivity index (χ1v) is 8.80. The normalized spacial score (nSPS) is 12.6. The van der Waals surface area contributed by atoms with Gasteiger partial charge >= 0.3 is 0 Å². The number of halogens is 2. The van der Waals surface area contributed by atoms with Crippen molar-refractivity contribution in [3.8, 4) is 10.4 Å². The average molecular weight is 403 g/mol. The van der Waals surface area contributed by atoms with E-state index in [4.69, 9.17) is 0 Å². The van der Waals surface area contributed by atoms with E-state index < -0.39 is 0 Å². The third kappa shape index (κ3) is 3.91. The van der Waals surface area contributed by atoms with E-state index in [2.05, 4.69) is 75.3 Å². The highest BCUT2D eigenvalue weighted by Crippen LogP contribution is 2.37. The van der Waals surface area contributed by atoms with Gasteiger partial charge in [0, 0.05) is 30.3 Å². The highest BCUT2D eigenvalue weighted by atomic mass is 79.9. The fourth-order valence-corrected chi connectivity index (χ4v) is 3.90. The molecule has 0 bridgehead atoms. The zero-order valence-corrected chi connectivity index (χ0v) is 15.0. The molecule has 0 aliphatic heterocycles. The average Bonchev–Trinajstić information content (AvgIpc) is 2.88. The maximum absolute atomic E-state index is 3.63. The van der Waals surface area contributed by atoms with Gasteiger partial charge in [-0.3, -0.25) is 0 Å². The van der Waals surface area contributed by atoms with Gasteiger partial charge in [0.25, 0.3) is 0 Å². The fraction of sp³-hybridized carbons (Fsp3) is 0.333. The van der Waals surface area contributed by atoms with Gasteiger partial charge in [0.2, 0.25) is 0 Å². The van der Waals surface area contributed by atoms with Gasteiger partial charge in [-0.2, -0.15) is 0 Å². The van der Waals surface area contributed by atoms with Gasteiger partial charge in [0.15, 0.2) is 0 Å². The Morgan fingerprint density at radius 2 is 2.00 bits per heavy atom. The van der Waals surface area contributed by atoms with E-state index in [0.29, 0.717) is 6.04 Å². The van der Waals surface area contributed by atoms with Gasteiger partial charge in [-0.1, -0.05) is 38.8 Å². The summed E-state index contributed by atoms with van der Waals surface area (Å²) >= 11 is 9.01. The predicted octanol–water partition coefficient (Wildman–Crippen LogP) is 6.00. The molecule has 1 aromatic heterocycles. The quantitative estimate of drug-likeness (QED) is 0.646. The molecule has 0 saturated heterocycles. The summed E-state index contributed by atoms with van der Waals surface area (Å²) in [6.45, 7) is 5.48. The Labute approximate surface area is 135 Å². The van der Waals surface area contributed by atoms with Crippen LogP contribution < -0.4 is 5.32 Å². The van der Waals surface area contributed by atoms with Crippen molar-refractivity contribution < 1.29 is 0 Å². The van der Waals surface area contributed by atoms with Gasteiger partial charge in [0.05, 0.1) is 0 Å². The zero-order valence-electron chi connectivity index (χ0n) is 11.0. The lowest BCUT2D eigenvalue weighted by atomic mass is 10.2. The summed E-state index contributed by atoms with van der Waals surface area (Å²) in [7, 11) is 0. The van der Waals surface area contributed by atoms with Crippen molar-refractivity contribution in [1.82, 2.24) is 5.32 Å². The standard InChI is InChI=1S/C15H17Br2NS/c1-3-8-18-10(2)14-6-7-15(19-14)12-9-11(16)4-5-13(12)17/h4-7,9-10,18H,3,8H2,1-2H3. The topological polar surface area (TPSA) is 12.0 Å². The van der Waals surface area contributed by atoms with E-state index >= 15 is 0 Å². The number of thiophene rings is 1. The molecule has 0 radical (unpaired) electrons. The summed E-state index contributed by atoms with van der Waals surface area (Å²) in [6, 6.07) is 11.1. The predicted molar refractivity (Wildman–Crippen MR) is 91.9 cm³/mol. The summed E-state index contributed by atoms with van der Waals surface area (Å²) in [4.78, 5) is 2.68. The summed E-state index contributed by atoms with van der Waals surface area (Å²) < 4.78 is 2.25. The van der Waals surface area contributed by atoms with Crippen LogP contribution in [-0.4, -0.2) is 6.54 Å². The van der Waals surface area contributed by atoms with E-state index in [9.17, 15) is 0 Å². The van der Waals surface area contributed by atoms with Crippen LogP contribution >= 0.6 is 43.2 Å². The van der Waals surface area contributed by atoms with E-state index in [-0.39, 0.29) is 0 Å². The molecule has 102 valence electrons. The SMILES string of the molecule is CCCNC(C)c1ccc(-c2cc(Br)ccc2Br)s1. The van der Waals surface area contributed by atoms with Gasteiger partial charge in [0.1, 0.15) is 0 Å². The second-order valence-corrected chi connectivity index (χ2v) is 7.39. The van der Waals surface area contributed by atoms with Crippen LogP contribution in [0, 0.1) is 0 Å². The molecule has 1 unspecified atom stereocenters. The lowest BCUT2D eigenvalue weighted by Gasteiger charge is -2.10. The summed E-state index contributed by atoms with van der Waals surface area (Å²) in [5.74, 6) is 0. The highest BCUT2D eigenvalue weighted by molar-refractivity contribution is 9.11. The molecule has 2 aromatic rings. The molecule has 1 atom stereocenters. The molecule has 0 aliphatic carbocycles. The van der Waals surface area contributed by atoms with Crippen LogP contribution in [0.15, 0.2) is 39.3 Å². The highest BCUT2D eigenvalue weighted by Gasteiger charge is 2.11. The Kier molecular flexibility index (Phi) is 5.63. The third-order valence-electron chi connectivity index (χ3n) is 2.95. The molecule has 19 heavy (non-hydrogen) atoms. The Morgan fingerprint density at radius 1 is 1.21 bits per heavy atom. The molecule has 0 spiro atoms. The Balaban J connectivity index is 2.23. The Hall–Kier alpha value is -0.160. The molecule has 1 aromatic carbocycles.